The number of H-pyrrole nitrogens is 2. The number of nitrogens with one attached hydrogen (secondary N) is 5. The molecule has 0 unspecified atom stereocenters. The largest absolute Gasteiger partial charge is 0.361 e. The van der Waals surface area contributed by atoms with Gasteiger partial charge in [0.05, 0.1) is 5.69 Å². The van der Waals surface area contributed by atoms with Crippen molar-refractivity contribution in [3.63, 3.8) is 0 Å². The number of rotatable bonds is 9. The lowest BCUT2D eigenvalue weighted by Crippen LogP contribution is -2.17. The van der Waals surface area contributed by atoms with E-state index in [0.29, 0.717) is 34.9 Å². The molecule has 10 heteroatoms. The molecular formula is C29H31N7O3. The molecule has 3 amide bonds. The Morgan fingerprint density at radius 3 is 2.33 bits per heavy atom. The Hall–Kier alpha value is -4.83. The lowest BCUT2D eigenvalue weighted by molar-refractivity contribution is -0.116. The van der Waals surface area contributed by atoms with Crippen molar-refractivity contribution in [1.29, 1.82) is 0 Å². The maximum absolute atomic E-state index is 13.0. The smallest absolute Gasteiger partial charge is 0.272 e. The molecular weight excluding hydrogens is 494 g/mol. The molecule has 0 saturated carbocycles. The summed E-state index contributed by atoms with van der Waals surface area (Å²) in [4.78, 5) is 46.4. The van der Waals surface area contributed by atoms with Gasteiger partial charge >= 0.3 is 0 Å². The van der Waals surface area contributed by atoms with Crippen LogP contribution >= 0.6 is 0 Å². The van der Waals surface area contributed by atoms with Gasteiger partial charge in [-0.2, -0.15) is 0 Å². The average Bonchev–Trinajstić information content (AvgIpc) is 3.61. The number of carbonyl (C=O) groups excluding carboxylic acids is 3. The molecule has 200 valence electrons. The molecule has 5 aromatic rings. The third kappa shape index (κ3) is 6.02. The van der Waals surface area contributed by atoms with E-state index < -0.39 is 0 Å². The minimum atomic E-state index is -0.338. The van der Waals surface area contributed by atoms with E-state index in [1.807, 2.05) is 67.7 Å². The SMILES string of the molecule is CN(C)CCCC(=O)Nc1ccc2cc(C(=O)Nc3cc(C(=O)Nc4ccc5cc[nH]c5c4)n(C)c3)[nH]c2c1. The van der Waals surface area contributed by atoms with E-state index in [-0.39, 0.29) is 17.7 Å². The second kappa shape index (κ2) is 10.9. The van der Waals surface area contributed by atoms with Gasteiger partial charge in [0.1, 0.15) is 11.4 Å². The second-order valence-corrected chi connectivity index (χ2v) is 9.85. The number of aromatic nitrogens is 3. The predicted molar refractivity (Wildman–Crippen MR) is 154 cm³/mol. The van der Waals surface area contributed by atoms with Crippen molar-refractivity contribution in [3.8, 4) is 0 Å². The Morgan fingerprint density at radius 1 is 0.821 bits per heavy atom. The van der Waals surface area contributed by atoms with Gasteiger partial charge < -0.3 is 35.4 Å². The summed E-state index contributed by atoms with van der Waals surface area (Å²) in [5.41, 5.74) is 4.27. The van der Waals surface area contributed by atoms with Crippen molar-refractivity contribution in [2.75, 3.05) is 36.6 Å². The predicted octanol–water partition coefficient (Wildman–Crippen LogP) is 4.77. The zero-order valence-corrected chi connectivity index (χ0v) is 22.1. The van der Waals surface area contributed by atoms with Crippen molar-refractivity contribution in [1.82, 2.24) is 19.4 Å². The summed E-state index contributed by atoms with van der Waals surface area (Å²) in [6.07, 6.45) is 4.75. The summed E-state index contributed by atoms with van der Waals surface area (Å²) in [5.74, 6) is -0.671. The van der Waals surface area contributed by atoms with Gasteiger partial charge in [-0.3, -0.25) is 14.4 Å². The number of nitrogens with zero attached hydrogens (tertiary/aromatic N) is 2. The Bertz CT molecular complexity index is 1670. The van der Waals surface area contributed by atoms with Crippen LogP contribution in [0.2, 0.25) is 0 Å². The van der Waals surface area contributed by atoms with Crippen molar-refractivity contribution in [2.24, 2.45) is 7.05 Å². The number of hydrogen-bond donors (Lipinski definition) is 5. The van der Waals surface area contributed by atoms with Crippen LogP contribution in [0.3, 0.4) is 0 Å². The highest BCUT2D eigenvalue weighted by atomic mass is 16.2. The number of amides is 3. The summed E-state index contributed by atoms with van der Waals surface area (Å²) in [6, 6.07) is 16.5. The quantitative estimate of drug-likeness (QED) is 0.190. The first-order valence-electron chi connectivity index (χ1n) is 12.7. The van der Waals surface area contributed by atoms with E-state index in [1.165, 1.54) is 0 Å². The number of carbonyl (C=O) groups is 3. The van der Waals surface area contributed by atoms with Crippen molar-refractivity contribution < 1.29 is 14.4 Å². The molecule has 0 bridgehead atoms. The number of benzene rings is 2. The number of aryl methyl sites for hydroxylation is 1. The summed E-state index contributed by atoms with van der Waals surface area (Å²) >= 11 is 0. The average molecular weight is 526 g/mol. The van der Waals surface area contributed by atoms with Gasteiger partial charge in [0, 0.05) is 53.7 Å². The summed E-state index contributed by atoms with van der Waals surface area (Å²) in [5, 5.41) is 10.6. The molecule has 0 atom stereocenters. The molecule has 0 radical (unpaired) electrons. The number of hydrogen-bond acceptors (Lipinski definition) is 4. The van der Waals surface area contributed by atoms with Crippen molar-refractivity contribution in [3.05, 3.63) is 78.4 Å². The Kier molecular flexibility index (Phi) is 7.20. The lowest BCUT2D eigenvalue weighted by atomic mass is 10.2. The maximum Gasteiger partial charge on any atom is 0.272 e. The van der Waals surface area contributed by atoms with Crippen LogP contribution < -0.4 is 16.0 Å². The van der Waals surface area contributed by atoms with E-state index in [1.54, 1.807) is 29.9 Å². The van der Waals surface area contributed by atoms with Gasteiger partial charge in [0.25, 0.3) is 11.8 Å². The highest BCUT2D eigenvalue weighted by molar-refractivity contribution is 6.08. The minimum absolute atomic E-state index is 0.0468. The van der Waals surface area contributed by atoms with Crippen LogP contribution in [0.4, 0.5) is 17.1 Å². The van der Waals surface area contributed by atoms with E-state index in [2.05, 4.69) is 25.9 Å². The van der Waals surface area contributed by atoms with Crippen molar-refractivity contribution >= 4 is 56.6 Å². The number of aromatic amines is 2. The highest BCUT2D eigenvalue weighted by Crippen LogP contribution is 2.23. The van der Waals surface area contributed by atoms with E-state index in [4.69, 9.17) is 0 Å². The molecule has 0 aliphatic heterocycles. The maximum atomic E-state index is 13.0. The molecule has 2 aromatic carbocycles. The zero-order chi connectivity index (χ0) is 27.5. The first-order chi connectivity index (χ1) is 18.7. The number of anilines is 3. The Balaban J connectivity index is 1.23. The monoisotopic (exact) mass is 525 g/mol. The van der Waals surface area contributed by atoms with Gasteiger partial charge in [-0.1, -0.05) is 12.1 Å². The molecule has 0 saturated heterocycles. The standard InChI is InChI=1S/C29H31N7O3/c1-35(2)12-4-5-27(37)31-20-9-7-19-13-25(34-24(19)15-20)28(38)33-22-16-26(36(3)17-22)29(39)32-21-8-6-18-10-11-30-23(18)14-21/h6-11,13-17,30,34H,4-5,12H2,1-3H3,(H,31,37)(H,32,39)(H,33,38). The minimum Gasteiger partial charge on any atom is -0.361 e. The normalized spacial score (nSPS) is 11.3. The molecule has 5 N–H and O–H groups in total. The summed E-state index contributed by atoms with van der Waals surface area (Å²) in [7, 11) is 5.70. The molecule has 0 aliphatic carbocycles. The Labute approximate surface area is 225 Å². The van der Waals surface area contributed by atoms with Gasteiger partial charge in [0.2, 0.25) is 5.91 Å². The van der Waals surface area contributed by atoms with Gasteiger partial charge in [-0.25, -0.2) is 0 Å². The first kappa shape index (κ1) is 25.8. The summed E-state index contributed by atoms with van der Waals surface area (Å²) < 4.78 is 1.66. The molecule has 10 nitrogen and oxygen atoms in total. The fraction of sp³-hybridized carbons (Fsp3) is 0.207. The summed E-state index contributed by atoms with van der Waals surface area (Å²) in [6.45, 7) is 0.847. The van der Waals surface area contributed by atoms with E-state index >= 15 is 0 Å². The van der Waals surface area contributed by atoms with Crippen LogP contribution in [0.15, 0.2) is 67.0 Å². The highest BCUT2D eigenvalue weighted by Gasteiger charge is 2.16. The molecule has 39 heavy (non-hydrogen) atoms. The third-order valence-electron chi connectivity index (χ3n) is 6.47. The van der Waals surface area contributed by atoms with E-state index in [9.17, 15) is 14.4 Å². The Morgan fingerprint density at radius 2 is 1.54 bits per heavy atom. The fourth-order valence-corrected chi connectivity index (χ4v) is 4.48. The third-order valence-corrected chi connectivity index (χ3v) is 6.47. The lowest BCUT2D eigenvalue weighted by Gasteiger charge is -2.09. The fourth-order valence-electron chi connectivity index (χ4n) is 4.48. The molecule has 0 spiro atoms. The topological polar surface area (TPSA) is 127 Å². The van der Waals surface area contributed by atoms with Crippen LogP contribution in [-0.4, -0.2) is 57.8 Å². The first-order valence-corrected chi connectivity index (χ1v) is 12.7. The van der Waals surface area contributed by atoms with E-state index in [0.717, 1.165) is 34.8 Å². The molecule has 3 heterocycles. The molecule has 0 fully saturated rings. The van der Waals surface area contributed by atoms with Crippen LogP contribution in [0.25, 0.3) is 21.8 Å². The molecule has 0 aliphatic rings. The zero-order valence-electron chi connectivity index (χ0n) is 22.1. The van der Waals surface area contributed by atoms with Crippen LogP contribution in [-0.2, 0) is 11.8 Å². The molecule has 3 aromatic heterocycles. The molecule has 5 rings (SSSR count). The van der Waals surface area contributed by atoms with Gasteiger partial charge in [0.15, 0.2) is 0 Å². The van der Waals surface area contributed by atoms with Gasteiger partial charge in [-0.15, -0.1) is 0 Å². The number of fused-ring (bicyclic) bond motifs is 2. The van der Waals surface area contributed by atoms with Crippen molar-refractivity contribution in [2.45, 2.75) is 12.8 Å². The van der Waals surface area contributed by atoms with Crippen LogP contribution in [0.1, 0.15) is 33.8 Å². The van der Waals surface area contributed by atoms with Gasteiger partial charge in [-0.05, 0) is 74.9 Å². The second-order valence-electron chi connectivity index (χ2n) is 9.85. The van der Waals surface area contributed by atoms with Crippen LogP contribution in [0, 0.1) is 0 Å². The van der Waals surface area contributed by atoms with Crippen LogP contribution in [0.5, 0.6) is 0 Å².